The summed E-state index contributed by atoms with van der Waals surface area (Å²) >= 11 is 0. The van der Waals surface area contributed by atoms with Gasteiger partial charge in [0, 0.05) is 102 Å². The normalized spacial score (nSPS) is 15.7. The van der Waals surface area contributed by atoms with E-state index in [4.69, 9.17) is 4.74 Å². The lowest BCUT2D eigenvalue weighted by Gasteiger charge is -2.36. The third kappa shape index (κ3) is 18.2. The number of halogens is 4. The van der Waals surface area contributed by atoms with Gasteiger partial charge < -0.3 is 40.5 Å². The molecule has 2 atom stereocenters. The van der Waals surface area contributed by atoms with Crippen LogP contribution in [-0.4, -0.2) is 146 Å². The van der Waals surface area contributed by atoms with Gasteiger partial charge in [0.15, 0.2) is 0 Å². The summed E-state index contributed by atoms with van der Waals surface area (Å²) in [6, 6.07) is 41.0. The average molecular weight is 1010 g/mol. The number of piperazine rings is 2. The van der Waals surface area contributed by atoms with Crippen LogP contribution < -0.4 is 15.4 Å². The first-order valence-corrected chi connectivity index (χ1v) is 25.6. The molecule has 2 unspecified atom stereocenters. The Morgan fingerprint density at radius 3 is 1.05 bits per heavy atom. The van der Waals surface area contributed by atoms with Gasteiger partial charge in [0.25, 0.3) is 0 Å². The molecule has 0 bridgehead atoms. The number of benzene rings is 6. The number of rotatable bonds is 23. The maximum Gasteiger partial charge on any atom is 0.123 e. The number of anilines is 2. The van der Waals surface area contributed by atoms with E-state index in [-0.39, 0.29) is 40.9 Å². The molecule has 5 N–H and O–H groups in total. The molecule has 2 aliphatic heterocycles. The largest absolute Gasteiger partial charge is 0.508 e. The van der Waals surface area contributed by atoms with Gasteiger partial charge in [-0.3, -0.25) is 9.80 Å². The summed E-state index contributed by atoms with van der Waals surface area (Å²) in [6.45, 7) is 11.7. The first-order valence-electron chi connectivity index (χ1n) is 25.6. The van der Waals surface area contributed by atoms with Crippen molar-refractivity contribution in [1.82, 2.24) is 19.6 Å². The molecule has 14 heteroatoms. The van der Waals surface area contributed by atoms with Crippen molar-refractivity contribution >= 4 is 11.4 Å². The maximum absolute atomic E-state index is 13.5. The molecule has 6 aromatic rings. The van der Waals surface area contributed by atoms with Crippen molar-refractivity contribution in [3.63, 3.8) is 0 Å². The van der Waals surface area contributed by atoms with Crippen molar-refractivity contribution in [3.8, 4) is 11.5 Å². The quantitative estimate of drug-likeness (QED) is 0.0315. The third-order valence-electron chi connectivity index (χ3n) is 13.9. The molecule has 8 rings (SSSR count). The second kappa shape index (κ2) is 28.5. The highest BCUT2D eigenvalue weighted by atomic mass is 19.1. The Bertz CT molecular complexity index is 2380. The molecule has 10 nitrogen and oxygen atoms in total. The van der Waals surface area contributed by atoms with Crippen LogP contribution in [0.15, 0.2) is 146 Å². The van der Waals surface area contributed by atoms with Crippen LogP contribution in [0.2, 0.25) is 0 Å². The topological polar surface area (TPSA) is 107 Å². The lowest BCUT2D eigenvalue weighted by Crippen LogP contribution is -2.49. The van der Waals surface area contributed by atoms with Crippen molar-refractivity contribution in [3.05, 3.63) is 191 Å². The second-order valence-electron chi connectivity index (χ2n) is 19.2. The fraction of sp³-hybridized carbons (Fsp3) is 0.390. The summed E-state index contributed by atoms with van der Waals surface area (Å²) in [5.74, 6) is 0.235. The number of β-amino-alcohol motifs (C(OH)–C–C–N with tert-alkyl or cyclic N) is 2. The second-order valence-corrected chi connectivity index (χ2v) is 19.2. The SMILES string of the molecule is COc1ccc(NCC(O)CN2CCN(CCCC(c3ccc(F)cc3)c3ccc(F)cc3)CC2)cc1.Oc1ccc(NCC(O)CN2CCN(CCCC(c3ccc(F)cc3)c3ccc(F)cc3)CC2)cc1. The van der Waals surface area contributed by atoms with Gasteiger partial charge in [0.05, 0.1) is 19.3 Å². The van der Waals surface area contributed by atoms with Crippen molar-refractivity contribution < 1.29 is 37.6 Å². The van der Waals surface area contributed by atoms with Gasteiger partial charge in [-0.2, -0.15) is 0 Å². The van der Waals surface area contributed by atoms with Gasteiger partial charge in [0.2, 0.25) is 0 Å². The number of hydrogen-bond donors (Lipinski definition) is 5. The molecule has 0 spiro atoms. The Labute approximate surface area is 428 Å². The van der Waals surface area contributed by atoms with Gasteiger partial charge >= 0.3 is 0 Å². The van der Waals surface area contributed by atoms with Crippen molar-refractivity contribution in [2.75, 3.05) is 109 Å². The van der Waals surface area contributed by atoms with Gasteiger partial charge in [-0.05, 0) is 158 Å². The number of hydrogen-bond acceptors (Lipinski definition) is 10. The Hall–Kier alpha value is -6.00. The molecule has 2 fully saturated rings. The summed E-state index contributed by atoms with van der Waals surface area (Å²) in [7, 11) is 1.64. The summed E-state index contributed by atoms with van der Waals surface area (Å²) in [4.78, 5) is 9.52. The molecule has 2 heterocycles. The van der Waals surface area contributed by atoms with Crippen molar-refractivity contribution in [2.45, 2.75) is 49.7 Å². The number of aromatic hydroxyl groups is 1. The van der Waals surface area contributed by atoms with Crippen LogP contribution in [0.25, 0.3) is 0 Å². The zero-order valence-corrected chi connectivity index (χ0v) is 41.9. The summed E-state index contributed by atoms with van der Waals surface area (Å²) in [5.41, 5.74) is 6.02. The number of methoxy groups -OCH3 is 1. The average Bonchev–Trinajstić information content (AvgIpc) is 3.41. The molecule has 2 saturated heterocycles. The van der Waals surface area contributed by atoms with Gasteiger partial charge in [-0.15, -0.1) is 0 Å². The number of nitrogens with zero attached hydrogens (tertiary/aromatic N) is 4. The Balaban J connectivity index is 0.000000214. The maximum atomic E-state index is 13.5. The molecule has 0 saturated carbocycles. The van der Waals surface area contributed by atoms with E-state index in [1.54, 1.807) is 31.4 Å². The van der Waals surface area contributed by atoms with Crippen LogP contribution in [0.1, 0.15) is 59.8 Å². The highest BCUT2D eigenvalue weighted by Crippen LogP contribution is 2.32. The van der Waals surface area contributed by atoms with E-state index in [1.165, 1.54) is 48.5 Å². The summed E-state index contributed by atoms with van der Waals surface area (Å²) in [6.07, 6.45) is 2.87. The first kappa shape index (κ1) is 54.8. The minimum Gasteiger partial charge on any atom is -0.508 e. The predicted octanol–water partition coefficient (Wildman–Crippen LogP) is 9.65. The van der Waals surface area contributed by atoms with E-state index in [9.17, 15) is 32.9 Å². The number of phenols is 1. The summed E-state index contributed by atoms with van der Waals surface area (Å²) < 4.78 is 59.0. The molecule has 0 radical (unpaired) electrons. The molecular formula is C59H72F4N6O4. The zero-order chi connectivity index (χ0) is 51.4. The smallest absolute Gasteiger partial charge is 0.123 e. The van der Waals surface area contributed by atoms with Crippen LogP contribution >= 0.6 is 0 Å². The Morgan fingerprint density at radius 2 is 0.740 bits per heavy atom. The molecule has 73 heavy (non-hydrogen) atoms. The Morgan fingerprint density at radius 1 is 0.438 bits per heavy atom. The molecule has 390 valence electrons. The highest BCUT2D eigenvalue weighted by molar-refractivity contribution is 5.47. The fourth-order valence-electron chi connectivity index (χ4n) is 9.75. The molecular weight excluding hydrogens is 933 g/mol. The van der Waals surface area contributed by atoms with Crippen molar-refractivity contribution in [1.29, 1.82) is 0 Å². The number of nitrogens with one attached hydrogen (secondary N) is 2. The zero-order valence-electron chi connectivity index (χ0n) is 41.9. The highest BCUT2D eigenvalue weighted by Gasteiger charge is 2.23. The lowest BCUT2D eigenvalue weighted by atomic mass is 9.87. The number of aliphatic hydroxyl groups is 2. The fourth-order valence-corrected chi connectivity index (χ4v) is 9.75. The Kier molecular flexibility index (Phi) is 21.3. The van der Waals surface area contributed by atoms with Crippen LogP contribution in [0, 0.1) is 23.3 Å². The van der Waals surface area contributed by atoms with E-state index in [1.807, 2.05) is 72.8 Å². The van der Waals surface area contributed by atoms with Gasteiger partial charge in [-0.1, -0.05) is 48.5 Å². The number of aliphatic hydroxyl groups excluding tert-OH is 2. The minimum absolute atomic E-state index is 0.101. The van der Waals surface area contributed by atoms with E-state index >= 15 is 0 Å². The number of ether oxygens (including phenoxy) is 1. The molecule has 0 amide bonds. The van der Waals surface area contributed by atoms with E-state index in [0.717, 1.165) is 131 Å². The first-order chi connectivity index (χ1) is 35.5. The van der Waals surface area contributed by atoms with E-state index in [2.05, 4.69) is 30.2 Å². The molecule has 2 aliphatic rings. The molecule has 6 aromatic carbocycles. The number of phenolic OH excluding ortho intramolecular Hbond substituents is 1. The van der Waals surface area contributed by atoms with Crippen LogP contribution in [0.4, 0.5) is 28.9 Å². The third-order valence-corrected chi connectivity index (χ3v) is 13.9. The van der Waals surface area contributed by atoms with Gasteiger partial charge in [0.1, 0.15) is 34.8 Å². The van der Waals surface area contributed by atoms with Crippen LogP contribution in [0.5, 0.6) is 11.5 Å². The predicted molar refractivity (Wildman–Crippen MR) is 284 cm³/mol. The lowest BCUT2D eigenvalue weighted by molar-refractivity contribution is 0.0774. The van der Waals surface area contributed by atoms with Gasteiger partial charge in [-0.25, -0.2) is 17.6 Å². The van der Waals surface area contributed by atoms with E-state index in [0.29, 0.717) is 26.2 Å². The standard InChI is InChI=1S/C30H37F2N3O2.C29H35F2N3O2/c1-37-29-14-12-27(13-15-29)33-21-28(36)22-35-19-17-34(18-20-35)16-2-3-30(23-4-8-25(31)9-5-23)24-6-10-26(32)11-7-24;30-24-7-3-22(4-8-24)29(23-5-9-25(31)10-6-23)2-1-15-33-16-18-34(19-17-33)21-28(36)20-32-26-11-13-27(35)14-12-26/h4-15,28,30,33,36H,2-3,16-22H2,1H3;3-14,28-29,32,35-36H,1-2,15-21H2. The van der Waals surface area contributed by atoms with E-state index < -0.39 is 12.2 Å². The minimum atomic E-state index is -0.475. The monoisotopic (exact) mass is 1000 g/mol. The summed E-state index contributed by atoms with van der Waals surface area (Å²) in [5, 5.41) is 36.8. The molecule has 0 aliphatic carbocycles. The van der Waals surface area contributed by atoms with Crippen molar-refractivity contribution in [2.24, 2.45) is 0 Å². The molecule has 0 aromatic heterocycles. The van der Waals surface area contributed by atoms with Crippen LogP contribution in [0.3, 0.4) is 0 Å². The van der Waals surface area contributed by atoms with Crippen LogP contribution in [-0.2, 0) is 0 Å².